The van der Waals surface area contributed by atoms with E-state index in [0.717, 1.165) is 33.4 Å². The number of fused-ring (bicyclic) bond motifs is 1. The minimum Gasteiger partial charge on any atom is -0.496 e. The maximum absolute atomic E-state index is 12.2. The molecule has 2 aromatic heterocycles. The highest BCUT2D eigenvalue weighted by atomic mass is 16.5. The number of amides is 1. The Kier molecular flexibility index (Phi) is 4.65. The first-order valence-corrected chi connectivity index (χ1v) is 8.06. The molecule has 0 saturated carbocycles. The summed E-state index contributed by atoms with van der Waals surface area (Å²) in [5.74, 6) is 2.08. The summed E-state index contributed by atoms with van der Waals surface area (Å²) in [5.41, 5.74) is 3.56. The van der Waals surface area contributed by atoms with Crippen LogP contribution in [0.3, 0.4) is 0 Å². The second kappa shape index (κ2) is 6.89. The van der Waals surface area contributed by atoms with E-state index in [1.807, 2.05) is 39.0 Å². The van der Waals surface area contributed by atoms with Crippen LogP contribution in [0.2, 0.25) is 0 Å². The van der Waals surface area contributed by atoms with Crippen LogP contribution in [0.25, 0.3) is 16.5 Å². The third kappa shape index (κ3) is 3.45. The van der Waals surface area contributed by atoms with Gasteiger partial charge in [-0.2, -0.15) is 0 Å². The molecule has 0 atom stereocenters. The minimum atomic E-state index is -0.184. The number of carbonyl (C=O) groups is 1. The lowest BCUT2D eigenvalue weighted by Gasteiger charge is -2.09. The molecule has 5 heteroatoms. The molecular weight excluding hydrogens is 318 g/mol. The van der Waals surface area contributed by atoms with Gasteiger partial charge < -0.3 is 18.9 Å². The highest BCUT2D eigenvalue weighted by Crippen LogP contribution is 2.34. The molecule has 1 N–H and O–H groups in total. The number of hydrogen-bond donors (Lipinski definition) is 1. The third-order valence-electron chi connectivity index (χ3n) is 4.29. The summed E-state index contributed by atoms with van der Waals surface area (Å²) in [6, 6.07) is 7.48. The summed E-state index contributed by atoms with van der Waals surface area (Å²) in [7, 11) is 1.61. The van der Waals surface area contributed by atoms with E-state index in [9.17, 15) is 4.79 Å². The molecular formula is C20H21NO4. The van der Waals surface area contributed by atoms with Crippen molar-refractivity contribution in [1.29, 1.82) is 0 Å². The summed E-state index contributed by atoms with van der Waals surface area (Å²) in [6.45, 7) is 6.20. The van der Waals surface area contributed by atoms with Gasteiger partial charge in [0.05, 0.1) is 19.9 Å². The first kappa shape index (κ1) is 16.9. The van der Waals surface area contributed by atoms with Crippen LogP contribution >= 0.6 is 0 Å². The van der Waals surface area contributed by atoms with Crippen LogP contribution in [0, 0.1) is 13.8 Å². The van der Waals surface area contributed by atoms with Crippen LogP contribution < -0.4 is 10.1 Å². The maximum Gasteiger partial charge on any atom is 0.244 e. The standard InChI is InChI=1S/C20H21NO4/c1-12(8-20(22)21-11-15-6-5-7-24-15)16-9-17-13(2)14(3)25-19(17)10-18(16)23-4/h5-10H,11H2,1-4H3,(H,21,22)/b12-8+. The van der Waals surface area contributed by atoms with Gasteiger partial charge in [-0.1, -0.05) is 0 Å². The van der Waals surface area contributed by atoms with E-state index in [0.29, 0.717) is 18.1 Å². The smallest absolute Gasteiger partial charge is 0.244 e. The Hall–Kier alpha value is -2.95. The molecule has 3 rings (SSSR count). The second-order valence-corrected chi connectivity index (χ2v) is 5.96. The zero-order chi connectivity index (χ0) is 18.0. The maximum atomic E-state index is 12.2. The largest absolute Gasteiger partial charge is 0.496 e. The lowest BCUT2D eigenvalue weighted by molar-refractivity contribution is -0.116. The van der Waals surface area contributed by atoms with Crippen LogP contribution in [0.15, 0.2) is 45.4 Å². The highest BCUT2D eigenvalue weighted by molar-refractivity contribution is 5.97. The first-order valence-electron chi connectivity index (χ1n) is 8.06. The van der Waals surface area contributed by atoms with E-state index in [1.165, 1.54) is 0 Å². The molecule has 5 nitrogen and oxygen atoms in total. The quantitative estimate of drug-likeness (QED) is 0.701. The Labute approximate surface area is 146 Å². The first-order chi connectivity index (χ1) is 12.0. The van der Waals surface area contributed by atoms with Crippen molar-refractivity contribution < 1.29 is 18.4 Å². The Balaban J connectivity index is 1.88. The van der Waals surface area contributed by atoms with Crippen molar-refractivity contribution in [3.8, 4) is 5.75 Å². The number of nitrogens with one attached hydrogen (secondary N) is 1. The SMILES string of the molecule is COc1cc2oc(C)c(C)c2cc1/C(C)=C/C(=O)NCc1ccco1. The topological polar surface area (TPSA) is 64.6 Å². The van der Waals surface area contributed by atoms with Gasteiger partial charge in [0, 0.05) is 23.1 Å². The van der Waals surface area contributed by atoms with Crippen molar-refractivity contribution in [2.45, 2.75) is 27.3 Å². The van der Waals surface area contributed by atoms with Crippen molar-refractivity contribution in [3.05, 3.63) is 59.3 Å². The molecule has 25 heavy (non-hydrogen) atoms. The lowest BCUT2D eigenvalue weighted by atomic mass is 10.0. The third-order valence-corrected chi connectivity index (χ3v) is 4.29. The molecule has 0 bridgehead atoms. The monoisotopic (exact) mass is 339 g/mol. The van der Waals surface area contributed by atoms with Gasteiger partial charge in [-0.05, 0) is 50.1 Å². The second-order valence-electron chi connectivity index (χ2n) is 5.96. The molecule has 2 heterocycles. The molecule has 1 amide bonds. The molecule has 3 aromatic rings. The fourth-order valence-corrected chi connectivity index (χ4v) is 2.76. The lowest BCUT2D eigenvalue weighted by Crippen LogP contribution is -2.20. The van der Waals surface area contributed by atoms with E-state index in [1.54, 1.807) is 25.5 Å². The Morgan fingerprint density at radius 1 is 1.32 bits per heavy atom. The molecule has 0 aliphatic heterocycles. The molecule has 0 aliphatic carbocycles. The number of benzene rings is 1. The van der Waals surface area contributed by atoms with E-state index < -0.39 is 0 Å². The predicted octanol–water partition coefficient (Wildman–Crippen LogP) is 4.37. The van der Waals surface area contributed by atoms with Crippen molar-refractivity contribution in [1.82, 2.24) is 5.32 Å². The molecule has 0 unspecified atom stereocenters. The molecule has 0 fully saturated rings. The summed E-state index contributed by atoms with van der Waals surface area (Å²) >= 11 is 0. The van der Waals surface area contributed by atoms with Gasteiger partial charge in [-0.15, -0.1) is 0 Å². The van der Waals surface area contributed by atoms with Crippen molar-refractivity contribution in [2.24, 2.45) is 0 Å². The number of methoxy groups -OCH3 is 1. The molecule has 0 aliphatic rings. The van der Waals surface area contributed by atoms with Gasteiger partial charge in [-0.25, -0.2) is 0 Å². The van der Waals surface area contributed by atoms with Crippen LogP contribution in [0.1, 0.15) is 29.6 Å². The summed E-state index contributed by atoms with van der Waals surface area (Å²) in [6.07, 6.45) is 3.15. The predicted molar refractivity (Wildman–Crippen MR) is 96.4 cm³/mol. The van der Waals surface area contributed by atoms with Crippen LogP contribution in [-0.4, -0.2) is 13.0 Å². The Bertz CT molecular complexity index is 932. The number of allylic oxidation sites excluding steroid dienone is 1. The van der Waals surface area contributed by atoms with E-state index in [4.69, 9.17) is 13.6 Å². The number of aryl methyl sites for hydroxylation is 2. The number of ether oxygens (including phenoxy) is 1. The summed E-state index contributed by atoms with van der Waals surface area (Å²) in [5, 5.41) is 3.83. The Morgan fingerprint density at radius 2 is 2.12 bits per heavy atom. The zero-order valence-electron chi connectivity index (χ0n) is 14.8. The van der Waals surface area contributed by atoms with E-state index >= 15 is 0 Å². The van der Waals surface area contributed by atoms with Crippen molar-refractivity contribution >= 4 is 22.4 Å². The van der Waals surface area contributed by atoms with Gasteiger partial charge in [0.1, 0.15) is 22.9 Å². The zero-order valence-corrected chi connectivity index (χ0v) is 14.8. The van der Waals surface area contributed by atoms with Gasteiger partial charge in [0.2, 0.25) is 5.91 Å². The van der Waals surface area contributed by atoms with Crippen LogP contribution in [-0.2, 0) is 11.3 Å². The van der Waals surface area contributed by atoms with Crippen molar-refractivity contribution in [3.63, 3.8) is 0 Å². The fraction of sp³-hybridized carbons (Fsp3) is 0.250. The fourth-order valence-electron chi connectivity index (χ4n) is 2.76. The van der Waals surface area contributed by atoms with Crippen LogP contribution in [0.4, 0.5) is 0 Å². The van der Waals surface area contributed by atoms with E-state index in [2.05, 4.69) is 5.32 Å². The van der Waals surface area contributed by atoms with E-state index in [-0.39, 0.29) is 5.91 Å². The molecule has 0 spiro atoms. The van der Waals surface area contributed by atoms with Crippen LogP contribution in [0.5, 0.6) is 5.75 Å². The Morgan fingerprint density at radius 3 is 2.80 bits per heavy atom. The molecule has 1 aromatic carbocycles. The highest BCUT2D eigenvalue weighted by Gasteiger charge is 2.14. The van der Waals surface area contributed by atoms with Gasteiger partial charge in [-0.3, -0.25) is 4.79 Å². The summed E-state index contributed by atoms with van der Waals surface area (Å²) < 4.78 is 16.4. The average molecular weight is 339 g/mol. The van der Waals surface area contributed by atoms with Crippen molar-refractivity contribution in [2.75, 3.05) is 7.11 Å². The number of rotatable bonds is 5. The molecule has 0 radical (unpaired) electrons. The van der Waals surface area contributed by atoms with Gasteiger partial charge in [0.15, 0.2) is 0 Å². The minimum absolute atomic E-state index is 0.184. The average Bonchev–Trinajstić information content (AvgIpc) is 3.20. The number of carbonyl (C=O) groups excluding carboxylic acids is 1. The number of furan rings is 2. The number of hydrogen-bond acceptors (Lipinski definition) is 4. The van der Waals surface area contributed by atoms with Gasteiger partial charge in [0.25, 0.3) is 0 Å². The molecule has 0 saturated heterocycles. The normalized spacial score (nSPS) is 11.8. The molecule has 130 valence electrons. The summed E-state index contributed by atoms with van der Waals surface area (Å²) in [4.78, 5) is 12.2. The van der Waals surface area contributed by atoms with Gasteiger partial charge >= 0.3 is 0 Å².